The summed E-state index contributed by atoms with van der Waals surface area (Å²) < 4.78 is 19.2. The number of halogens is 1. The van der Waals surface area contributed by atoms with Crippen molar-refractivity contribution in [2.45, 2.75) is 25.4 Å². The predicted molar refractivity (Wildman–Crippen MR) is 78.7 cm³/mol. The van der Waals surface area contributed by atoms with Gasteiger partial charge in [-0.1, -0.05) is 17.7 Å². The summed E-state index contributed by atoms with van der Waals surface area (Å²) in [7, 11) is 0. The minimum absolute atomic E-state index is 0.266. The molecule has 3 heteroatoms. The van der Waals surface area contributed by atoms with E-state index in [0.29, 0.717) is 18.6 Å². The molecule has 3 aromatic rings. The molecule has 1 aliphatic carbocycles. The molecule has 0 fully saturated rings. The topological polar surface area (TPSA) is 33.4 Å². The quantitative estimate of drug-likeness (QED) is 0.730. The summed E-state index contributed by atoms with van der Waals surface area (Å²) >= 11 is 0. The molecule has 0 saturated carbocycles. The first-order chi connectivity index (χ1) is 10.1. The van der Waals surface area contributed by atoms with Crippen molar-refractivity contribution in [3.8, 4) is 0 Å². The van der Waals surface area contributed by atoms with E-state index in [9.17, 15) is 9.50 Å². The van der Waals surface area contributed by atoms with Gasteiger partial charge in [-0.05, 0) is 61.2 Å². The summed E-state index contributed by atoms with van der Waals surface area (Å²) in [6.45, 7) is 2.02. The molecule has 0 saturated heterocycles. The van der Waals surface area contributed by atoms with Crippen molar-refractivity contribution in [3.63, 3.8) is 0 Å². The number of rotatable bonds is 1. The maximum absolute atomic E-state index is 13.3. The summed E-state index contributed by atoms with van der Waals surface area (Å²) in [4.78, 5) is 0. The number of benzene rings is 2. The van der Waals surface area contributed by atoms with Gasteiger partial charge in [-0.2, -0.15) is 0 Å². The van der Waals surface area contributed by atoms with Crippen molar-refractivity contribution in [1.82, 2.24) is 0 Å². The van der Waals surface area contributed by atoms with Crippen molar-refractivity contribution >= 4 is 11.0 Å². The highest BCUT2D eigenvalue weighted by Crippen LogP contribution is 2.43. The lowest BCUT2D eigenvalue weighted by molar-refractivity contribution is 0.0605. The highest BCUT2D eigenvalue weighted by atomic mass is 19.1. The van der Waals surface area contributed by atoms with Crippen LogP contribution in [0.5, 0.6) is 0 Å². The third kappa shape index (κ3) is 1.81. The van der Waals surface area contributed by atoms with Gasteiger partial charge < -0.3 is 9.52 Å². The maximum atomic E-state index is 13.3. The fraction of sp³-hybridized carbons (Fsp3) is 0.222. The Morgan fingerprint density at radius 1 is 1.14 bits per heavy atom. The van der Waals surface area contributed by atoms with Gasteiger partial charge in [0.25, 0.3) is 0 Å². The first-order valence-corrected chi connectivity index (χ1v) is 7.08. The lowest BCUT2D eigenvalue weighted by atomic mass is 9.93. The fourth-order valence-corrected chi connectivity index (χ4v) is 3.25. The van der Waals surface area contributed by atoms with Crippen LogP contribution in [0.15, 0.2) is 46.9 Å². The predicted octanol–water partition coefficient (Wildman–Crippen LogP) is 4.06. The molecule has 0 bridgehead atoms. The third-order valence-corrected chi connectivity index (χ3v) is 4.35. The first kappa shape index (κ1) is 12.6. The zero-order chi connectivity index (χ0) is 14.6. The SMILES string of the molecule is Cc1ccc2oc(C3(O)CCc4cc(F)ccc43)cc2c1. The van der Waals surface area contributed by atoms with Gasteiger partial charge in [0, 0.05) is 5.39 Å². The van der Waals surface area contributed by atoms with Crippen molar-refractivity contribution in [2.24, 2.45) is 0 Å². The zero-order valence-electron chi connectivity index (χ0n) is 11.7. The Kier molecular flexibility index (Phi) is 2.51. The molecule has 0 spiro atoms. The van der Waals surface area contributed by atoms with Crippen LogP contribution in [0, 0.1) is 12.7 Å². The van der Waals surface area contributed by atoms with Gasteiger partial charge in [0.1, 0.15) is 22.8 Å². The van der Waals surface area contributed by atoms with Crippen molar-refractivity contribution in [1.29, 1.82) is 0 Å². The first-order valence-electron chi connectivity index (χ1n) is 7.08. The van der Waals surface area contributed by atoms with Crippen LogP contribution < -0.4 is 0 Å². The molecule has 0 radical (unpaired) electrons. The Morgan fingerprint density at radius 3 is 2.86 bits per heavy atom. The van der Waals surface area contributed by atoms with Gasteiger partial charge in [0.2, 0.25) is 0 Å². The van der Waals surface area contributed by atoms with E-state index in [1.54, 1.807) is 6.07 Å². The molecule has 1 aromatic heterocycles. The summed E-state index contributed by atoms with van der Waals surface area (Å²) in [6, 6.07) is 12.4. The number of hydrogen-bond acceptors (Lipinski definition) is 2. The molecule has 4 rings (SSSR count). The molecule has 1 unspecified atom stereocenters. The van der Waals surface area contributed by atoms with E-state index >= 15 is 0 Å². The number of fused-ring (bicyclic) bond motifs is 2. The highest BCUT2D eigenvalue weighted by Gasteiger charge is 2.41. The van der Waals surface area contributed by atoms with Gasteiger partial charge in [0.15, 0.2) is 0 Å². The molecular weight excluding hydrogens is 267 g/mol. The molecule has 0 aliphatic heterocycles. The third-order valence-electron chi connectivity index (χ3n) is 4.35. The van der Waals surface area contributed by atoms with E-state index in [1.807, 2.05) is 31.2 Å². The Bertz CT molecular complexity index is 850. The van der Waals surface area contributed by atoms with Gasteiger partial charge in [-0.25, -0.2) is 4.39 Å². The van der Waals surface area contributed by atoms with Crippen LogP contribution in [0.3, 0.4) is 0 Å². The van der Waals surface area contributed by atoms with E-state index in [-0.39, 0.29) is 5.82 Å². The summed E-state index contributed by atoms with van der Waals surface area (Å²) in [5.41, 5.74) is 2.36. The summed E-state index contributed by atoms with van der Waals surface area (Å²) in [5.74, 6) is 0.270. The lowest BCUT2D eigenvalue weighted by Gasteiger charge is -2.21. The van der Waals surface area contributed by atoms with Crippen LogP contribution in [0.2, 0.25) is 0 Å². The van der Waals surface area contributed by atoms with Crippen LogP contribution in [0.25, 0.3) is 11.0 Å². The molecule has 1 aliphatic rings. The van der Waals surface area contributed by atoms with E-state index < -0.39 is 5.60 Å². The van der Waals surface area contributed by atoms with Gasteiger partial charge in [-0.3, -0.25) is 0 Å². The smallest absolute Gasteiger partial charge is 0.148 e. The number of aliphatic hydroxyl groups is 1. The van der Waals surface area contributed by atoms with Gasteiger partial charge in [-0.15, -0.1) is 0 Å². The van der Waals surface area contributed by atoms with E-state index in [4.69, 9.17) is 4.42 Å². The minimum Gasteiger partial charge on any atom is -0.458 e. The second-order valence-corrected chi connectivity index (χ2v) is 5.81. The molecule has 21 heavy (non-hydrogen) atoms. The molecule has 0 amide bonds. The molecule has 106 valence electrons. The molecule has 2 aromatic carbocycles. The van der Waals surface area contributed by atoms with Gasteiger partial charge >= 0.3 is 0 Å². The Hall–Kier alpha value is -2.13. The summed E-state index contributed by atoms with van der Waals surface area (Å²) in [6.07, 6.45) is 1.17. The second kappa shape index (κ2) is 4.18. The van der Waals surface area contributed by atoms with Crippen LogP contribution in [-0.2, 0) is 12.0 Å². The number of aryl methyl sites for hydroxylation is 2. The lowest BCUT2D eigenvalue weighted by Crippen LogP contribution is -2.23. The number of hydrogen-bond donors (Lipinski definition) is 1. The van der Waals surface area contributed by atoms with E-state index in [2.05, 4.69) is 0 Å². The van der Waals surface area contributed by atoms with Crippen molar-refractivity contribution < 1.29 is 13.9 Å². The second-order valence-electron chi connectivity index (χ2n) is 5.81. The maximum Gasteiger partial charge on any atom is 0.148 e. The molecular formula is C18H15FO2. The zero-order valence-corrected chi connectivity index (χ0v) is 11.7. The van der Waals surface area contributed by atoms with Crippen LogP contribution >= 0.6 is 0 Å². The Morgan fingerprint density at radius 2 is 2.00 bits per heavy atom. The molecule has 1 N–H and O–H groups in total. The minimum atomic E-state index is -1.16. The molecule has 1 atom stereocenters. The standard InChI is InChI=1S/C18H15FO2/c1-11-2-5-16-13(8-11)10-17(21-16)18(20)7-6-12-9-14(19)3-4-15(12)18/h2-5,8-10,20H,6-7H2,1H3. The normalized spacial score (nSPS) is 20.9. The Labute approximate surface area is 121 Å². The average Bonchev–Trinajstić information content (AvgIpc) is 3.01. The van der Waals surface area contributed by atoms with Crippen LogP contribution in [0.4, 0.5) is 4.39 Å². The molecule has 2 nitrogen and oxygen atoms in total. The van der Waals surface area contributed by atoms with Crippen molar-refractivity contribution in [3.05, 3.63) is 70.7 Å². The van der Waals surface area contributed by atoms with Crippen LogP contribution in [-0.4, -0.2) is 5.11 Å². The van der Waals surface area contributed by atoms with Gasteiger partial charge in [0.05, 0.1) is 0 Å². The monoisotopic (exact) mass is 282 g/mol. The Balaban J connectivity index is 1.89. The van der Waals surface area contributed by atoms with E-state index in [0.717, 1.165) is 27.7 Å². The highest BCUT2D eigenvalue weighted by molar-refractivity contribution is 5.79. The average molecular weight is 282 g/mol. The number of furan rings is 1. The fourth-order valence-electron chi connectivity index (χ4n) is 3.25. The van der Waals surface area contributed by atoms with E-state index in [1.165, 1.54) is 12.1 Å². The van der Waals surface area contributed by atoms with Crippen LogP contribution in [0.1, 0.15) is 28.9 Å². The van der Waals surface area contributed by atoms with Crippen molar-refractivity contribution in [2.75, 3.05) is 0 Å². The summed E-state index contributed by atoms with van der Waals surface area (Å²) in [5, 5.41) is 12.0. The molecule has 1 heterocycles. The largest absolute Gasteiger partial charge is 0.458 e.